The van der Waals surface area contributed by atoms with Crippen molar-refractivity contribution in [1.29, 1.82) is 0 Å². The molecule has 1 saturated heterocycles. The molecule has 0 atom stereocenters. The minimum Gasteiger partial charge on any atom is -0.619 e. The third kappa shape index (κ3) is 2.78. The molecule has 0 saturated carbocycles. The van der Waals surface area contributed by atoms with Gasteiger partial charge in [-0.05, 0) is 6.92 Å². The monoisotopic (exact) mass is 275 g/mol. The molecule has 18 heavy (non-hydrogen) atoms. The molecule has 3 N–H and O–H groups in total. The second-order valence-electron chi connectivity index (χ2n) is 3.87. The van der Waals surface area contributed by atoms with Crippen LogP contribution in [0.5, 0.6) is 0 Å². The highest BCUT2D eigenvalue weighted by molar-refractivity contribution is 7.89. The summed E-state index contributed by atoms with van der Waals surface area (Å²) in [5.41, 5.74) is 0.453. The lowest BCUT2D eigenvalue weighted by Gasteiger charge is -2.26. The van der Waals surface area contributed by atoms with E-state index in [1.807, 2.05) is 0 Å². The Morgan fingerprint density at radius 1 is 1.39 bits per heavy atom. The van der Waals surface area contributed by atoms with E-state index in [9.17, 15) is 13.6 Å². The maximum Gasteiger partial charge on any atom is 0.243 e. The molecule has 1 aromatic heterocycles. The molecule has 2 rings (SSSR count). The topological polar surface area (TPSA) is 109 Å². The molecule has 0 aliphatic carbocycles. The van der Waals surface area contributed by atoms with E-state index in [1.54, 1.807) is 6.92 Å². The lowest BCUT2D eigenvalue weighted by molar-refractivity contribution is -0.606. The summed E-state index contributed by atoms with van der Waals surface area (Å²) in [6.45, 7) is 3.14. The smallest absolute Gasteiger partial charge is 0.243 e. The van der Waals surface area contributed by atoms with Crippen molar-refractivity contribution in [1.82, 2.24) is 10.5 Å². The van der Waals surface area contributed by atoms with Gasteiger partial charge in [-0.2, -0.15) is 9.04 Å². The minimum atomic E-state index is -3.51. The minimum absolute atomic E-state index is 0. The van der Waals surface area contributed by atoms with Crippen LogP contribution >= 0.6 is 0 Å². The molecule has 0 spiro atoms. The maximum absolute atomic E-state index is 12.3. The van der Waals surface area contributed by atoms with Crippen LogP contribution in [0.2, 0.25) is 0 Å². The first kappa shape index (κ1) is 14.8. The van der Waals surface area contributed by atoms with Gasteiger partial charge in [-0.15, -0.1) is 0 Å². The van der Waals surface area contributed by atoms with Gasteiger partial charge in [0.25, 0.3) is 0 Å². The first-order chi connectivity index (χ1) is 8.01. The zero-order valence-corrected chi connectivity index (χ0v) is 11.0. The van der Waals surface area contributed by atoms with Crippen LogP contribution in [-0.2, 0) is 14.8 Å². The van der Waals surface area contributed by atoms with E-state index in [1.165, 1.54) is 22.8 Å². The predicted molar refractivity (Wildman–Crippen MR) is 64.7 cm³/mol. The number of aryl methyl sites for hydroxylation is 1. The molecule has 0 bridgehead atoms. The first-order valence-corrected chi connectivity index (χ1v) is 6.73. The van der Waals surface area contributed by atoms with Gasteiger partial charge in [0.05, 0.1) is 18.1 Å². The highest BCUT2D eigenvalue weighted by Gasteiger charge is 2.28. The van der Waals surface area contributed by atoms with Gasteiger partial charge in [0.2, 0.25) is 10.0 Å². The largest absolute Gasteiger partial charge is 0.619 e. The summed E-state index contributed by atoms with van der Waals surface area (Å²) < 4.78 is 31.7. The summed E-state index contributed by atoms with van der Waals surface area (Å²) >= 11 is 0. The Balaban J connectivity index is 0.00000162. The third-order valence-electron chi connectivity index (χ3n) is 2.67. The van der Waals surface area contributed by atoms with Crippen molar-refractivity contribution in [3.63, 3.8) is 0 Å². The normalized spacial score (nSPS) is 17.2. The zero-order chi connectivity index (χ0) is 12.5. The molecular weight excluding hydrogens is 258 g/mol. The van der Waals surface area contributed by atoms with Crippen LogP contribution in [0.3, 0.4) is 0 Å². The highest BCUT2D eigenvalue weighted by Crippen LogP contribution is 2.18. The van der Waals surface area contributed by atoms with E-state index in [2.05, 4.69) is 0 Å². The van der Waals surface area contributed by atoms with Gasteiger partial charge < -0.3 is 16.1 Å². The summed E-state index contributed by atoms with van der Waals surface area (Å²) in [4.78, 5) is 0.187. The van der Waals surface area contributed by atoms with Crippen molar-refractivity contribution >= 4 is 10.0 Å². The molecule has 0 amide bonds. The first-order valence-electron chi connectivity index (χ1n) is 5.29. The number of pyridine rings is 1. The van der Waals surface area contributed by atoms with Crippen molar-refractivity contribution in [2.45, 2.75) is 11.8 Å². The van der Waals surface area contributed by atoms with Gasteiger partial charge in [0.1, 0.15) is 0 Å². The average molecular weight is 275 g/mol. The fraction of sp³-hybridized carbons (Fsp3) is 0.500. The van der Waals surface area contributed by atoms with E-state index in [-0.39, 0.29) is 11.0 Å². The summed E-state index contributed by atoms with van der Waals surface area (Å²) in [6.07, 6.45) is 2.45. The van der Waals surface area contributed by atoms with Crippen LogP contribution in [0.1, 0.15) is 5.56 Å². The van der Waals surface area contributed by atoms with Gasteiger partial charge in [0, 0.05) is 24.7 Å². The number of sulfonamides is 1. The van der Waals surface area contributed by atoms with Gasteiger partial charge in [-0.25, -0.2) is 8.42 Å². The van der Waals surface area contributed by atoms with Gasteiger partial charge in [-0.3, -0.25) is 0 Å². The summed E-state index contributed by atoms with van der Waals surface area (Å²) in [6, 6.07) is 1.34. The third-order valence-corrected chi connectivity index (χ3v) is 4.73. The van der Waals surface area contributed by atoms with Crippen LogP contribution in [0.15, 0.2) is 23.4 Å². The van der Waals surface area contributed by atoms with Crippen molar-refractivity contribution in [2.75, 3.05) is 26.3 Å². The second kappa shape index (κ2) is 5.61. The van der Waals surface area contributed by atoms with Crippen LogP contribution in [-0.4, -0.2) is 39.0 Å². The number of morpholine rings is 1. The number of ether oxygens (including phenoxy) is 1. The molecule has 102 valence electrons. The maximum atomic E-state index is 12.3. The number of rotatable bonds is 2. The van der Waals surface area contributed by atoms with E-state index in [0.29, 0.717) is 36.6 Å². The number of hydrogen-bond acceptors (Lipinski definition) is 5. The van der Waals surface area contributed by atoms with Gasteiger partial charge in [-0.1, -0.05) is 0 Å². The Morgan fingerprint density at radius 3 is 2.56 bits per heavy atom. The fourth-order valence-electron chi connectivity index (χ4n) is 1.79. The summed E-state index contributed by atoms with van der Waals surface area (Å²) in [5.74, 6) is 0. The standard InChI is InChI=1S/C10H14N2O4S.H3N/c1-9-8-11(13)3-2-10(9)17(14,15)12-4-6-16-7-5-12;/h2-3,8H,4-7H2,1H3;1H3. The second-order valence-corrected chi connectivity index (χ2v) is 5.77. The molecule has 0 aromatic carbocycles. The molecule has 0 unspecified atom stereocenters. The van der Waals surface area contributed by atoms with Gasteiger partial charge >= 0.3 is 0 Å². The van der Waals surface area contributed by atoms with E-state index < -0.39 is 10.0 Å². The predicted octanol–water partition coefficient (Wildman–Crippen LogP) is -0.189. The quantitative estimate of drug-likeness (QED) is 0.594. The van der Waals surface area contributed by atoms with Gasteiger partial charge in [0.15, 0.2) is 12.4 Å². The Morgan fingerprint density at radius 2 is 2.00 bits per heavy atom. The molecule has 1 aliphatic rings. The molecule has 1 aromatic rings. The summed E-state index contributed by atoms with van der Waals surface area (Å²) in [5, 5.41) is 11.0. The number of aromatic nitrogens is 1. The zero-order valence-electron chi connectivity index (χ0n) is 10.2. The molecule has 7 nitrogen and oxygen atoms in total. The number of hydrogen-bond donors (Lipinski definition) is 1. The highest BCUT2D eigenvalue weighted by atomic mass is 32.2. The SMILES string of the molecule is Cc1c[n+]([O-])ccc1S(=O)(=O)N1CCOCC1.N. The van der Waals surface area contributed by atoms with Crippen LogP contribution in [0.4, 0.5) is 0 Å². The van der Waals surface area contributed by atoms with E-state index >= 15 is 0 Å². The van der Waals surface area contributed by atoms with E-state index in [4.69, 9.17) is 4.74 Å². The van der Waals surface area contributed by atoms with Crippen molar-refractivity contribution in [3.05, 3.63) is 29.2 Å². The van der Waals surface area contributed by atoms with Crippen LogP contribution in [0.25, 0.3) is 0 Å². The molecule has 2 heterocycles. The van der Waals surface area contributed by atoms with Crippen molar-refractivity contribution in [2.24, 2.45) is 0 Å². The Bertz CT molecular complexity index is 512. The lowest BCUT2D eigenvalue weighted by atomic mass is 10.3. The number of nitrogens with zero attached hydrogens (tertiary/aromatic N) is 2. The molecular formula is C10H17N3O4S. The molecule has 8 heteroatoms. The van der Waals surface area contributed by atoms with E-state index in [0.717, 1.165) is 0 Å². The average Bonchev–Trinajstić information content (AvgIpc) is 2.29. The summed E-state index contributed by atoms with van der Waals surface area (Å²) in [7, 11) is -3.51. The molecule has 1 fully saturated rings. The van der Waals surface area contributed by atoms with Crippen molar-refractivity contribution in [3.8, 4) is 0 Å². The molecule has 1 aliphatic heterocycles. The molecule has 0 radical (unpaired) electrons. The Hall–Kier alpha value is -1.22. The lowest BCUT2D eigenvalue weighted by Crippen LogP contribution is -2.41. The Labute approximate surface area is 106 Å². The van der Waals surface area contributed by atoms with Crippen LogP contribution < -0.4 is 10.9 Å². The fourth-order valence-corrected chi connectivity index (χ4v) is 3.39. The Kier molecular flexibility index (Phi) is 4.63. The van der Waals surface area contributed by atoms with Crippen molar-refractivity contribution < 1.29 is 17.9 Å². The van der Waals surface area contributed by atoms with Crippen LogP contribution in [0, 0.1) is 12.1 Å².